The molecule has 0 bridgehead atoms. The molecule has 18 heavy (non-hydrogen) atoms. The number of nitrogens with zero attached hydrogens (tertiary/aromatic N) is 2. The zero-order valence-corrected chi connectivity index (χ0v) is 10.8. The van der Waals surface area contributed by atoms with Crippen LogP contribution in [0.2, 0.25) is 0 Å². The zero-order chi connectivity index (χ0) is 13.0. The van der Waals surface area contributed by atoms with Crippen molar-refractivity contribution in [1.29, 1.82) is 0 Å². The minimum absolute atomic E-state index is 0.159. The Morgan fingerprint density at radius 2 is 2.06 bits per heavy atom. The molecule has 1 aromatic rings. The van der Waals surface area contributed by atoms with Crippen LogP contribution in [-0.4, -0.2) is 29.0 Å². The zero-order valence-electron chi connectivity index (χ0n) is 10.8. The Morgan fingerprint density at radius 3 is 2.56 bits per heavy atom. The number of amidine groups is 1. The van der Waals surface area contributed by atoms with Crippen LogP contribution < -0.4 is 5.73 Å². The maximum atomic E-state index is 8.60. The summed E-state index contributed by atoms with van der Waals surface area (Å²) in [7, 11) is 0. The number of rotatable bonds is 6. The van der Waals surface area contributed by atoms with Gasteiger partial charge in [-0.05, 0) is 30.9 Å². The summed E-state index contributed by atoms with van der Waals surface area (Å²) in [5.41, 5.74) is 7.56. The molecule has 3 N–H and O–H groups in total. The molecule has 0 spiro atoms. The maximum Gasteiger partial charge on any atom is 0.170 e. The molecule has 0 unspecified atom stereocenters. The summed E-state index contributed by atoms with van der Waals surface area (Å²) in [5.74, 6) is 1.08. The van der Waals surface area contributed by atoms with Crippen LogP contribution in [0, 0.1) is 5.92 Å². The Hall–Kier alpha value is -1.55. The first-order valence-corrected chi connectivity index (χ1v) is 6.52. The van der Waals surface area contributed by atoms with Gasteiger partial charge in [-0.3, -0.25) is 4.90 Å². The number of benzene rings is 1. The molecular weight excluding hydrogens is 226 g/mol. The van der Waals surface area contributed by atoms with Crippen LogP contribution in [0.3, 0.4) is 0 Å². The molecule has 98 valence electrons. The van der Waals surface area contributed by atoms with Crippen LogP contribution in [0.15, 0.2) is 29.4 Å². The van der Waals surface area contributed by atoms with Gasteiger partial charge in [-0.25, -0.2) is 0 Å². The highest BCUT2D eigenvalue weighted by Gasteiger charge is 2.23. The first kappa shape index (κ1) is 12.9. The van der Waals surface area contributed by atoms with Crippen molar-refractivity contribution in [2.24, 2.45) is 16.8 Å². The lowest BCUT2D eigenvalue weighted by molar-refractivity contribution is 0.268. The van der Waals surface area contributed by atoms with E-state index in [1.54, 1.807) is 0 Å². The maximum absolute atomic E-state index is 8.60. The van der Waals surface area contributed by atoms with E-state index in [1.807, 2.05) is 24.3 Å². The molecular formula is C14H21N3O. The second-order valence-corrected chi connectivity index (χ2v) is 4.95. The van der Waals surface area contributed by atoms with E-state index < -0.39 is 0 Å². The van der Waals surface area contributed by atoms with Gasteiger partial charge in [0, 0.05) is 18.7 Å². The molecule has 0 amide bonds. The highest BCUT2D eigenvalue weighted by Crippen LogP contribution is 2.30. The minimum atomic E-state index is 0.159. The largest absolute Gasteiger partial charge is 0.409 e. The van der Waals surface area contributed by atoms with Gasteiger partial charge in [-0.2, -0.15) is 0 Å². The Labute approximate surface area is 108 Å². The lowest BCUT2D eigenvalue weighted by atomic mass is 10.1. The monoisotopic (exact) mass is 247 g/mol. The summed E-state index contributed by atoms with van der Waals surface area (Å²) in [6, 6.07) is 7.89. The predicted octanol–water partition coefficient (Wildman–Crippen LogP) is 2.01. The average molecular weight is 247 g/mol. The summed E-state index contributed by atoms with van der Waals surface area (Å²) in [4.78, 5) is 2.47. The quantitative estimate of drug-likeness (QED) is 0.350. The van der Waals surface area contributed by atoms with Gasteiger partial charge in [0.15, 0.2) is 5.84 Å². The minimum Gasteiger partial charge on any atom is -0.409 e. The van der Waals surface area contributed by atoms with E-state index in [0.717, 1.165) is 24.6 Å². The molecule has 0 atom stereocenters. The molecule has 4 nitrogen and oxygen atoms in total. The normalized spacial score (nSPS) is 16.2. The predicted molar refractivity (Wildman–Crippen MR) is 72.6 cm³/mol. The second-order valence-electron chi connectivity index (χ2n) is 4.95. The average Bonchev–Trinajstić information content (AvgIpc) is 3.22. The molecule has 0 aliphatic heterocycles. The molecule has 4 heteroatoms. The van der Waals surface area contributed by atoms with Gasteiger partial charge < -0.3 is 10.9 Å². The summed E-state index contributed by atoms with van der Waals surface area (Å²) in [6.45, 7) is 5.47. The molecule has 0 radical (unpaired) electrons. The number of hydrogen-bond acceptors (Lipinski definition) is 3. The third-order valence-corrected chi connectivity index (χ3v) is 3.42. The van der Waals surface area contributed by atoms with Crippen molar-refractivity contribution in [3.05, 3.63) is 35.4 Å². The fourth-order valence-electron chi connectivity index (χ4n) is 2.07. The molecule has 1 aliphatic rings. The van der Waals surface area contributed by atoms with E-state index in [4.69, 9.17) is 10.9 Å². The Bertz CT molecular complexity index is 410. The Balaban J connectivity index is 1.95. The summed E-state index contributed by atoms with van der Waals surface area (Å²) < 4.78 is 0. The third kappa shape index (κ3) is 3.47. The topological polar surface area (TPSA) is 61.8 Å². The SMILES string of the molecule is CCN(Cc1ccc(C(N)=NO)cc1)CC1CC1. The van der Waals surface area contributed by atoms with Crippen LogP contribution in [0.1, 0.15) is 30.9 Å². The van der Waals surface area contributed by atoms with Crippen molar-refractivity contribution in [2.45, 2.75) is 26.3 Å². The van der Waals surface area contributed by atoms with Gasteiger partial charge in [0.05, 0.1) is 0 Å². The molecule has 1 saturated carbocycles. The fourth-order valence-corrected chi connectivity index (χ4v) is 2.07. The molecule has 0 heterocycles. The van der Waals surface area contributed by atoms with Crippen LogP contribution >= 0.6 is 0 Å². The first-order chi connectivity index (χ1) is 8.72. The Kier molecular flexibility index (Phi) is 4.20. The van der Waals surface area contributed by atoms with Gasteiger partial charge in [-0.1, -0.05) is 36.3 Å². The van der Waals surface area contributed by atoms with Crippen molar-refractivity contribution >= 4 is 5.84 Å². The molecule has 0 saturated heterocycles. The molecule has 0 aromatic heterocycles. The molecule has 1 aromatic carbocycles. The van der Waals surface area contributed by atoms with Crippen LogP contribution in [0.4, 0.5) is 0 Å². The van der Waals surface area contributed by atoms with E-state index in [0.29, 0.717) is 0 Å². The lowest BCUT2D eigenvalue weighted by Crippen LogP contribution is -2.25. The van der Waals surface area contributed by atoms with E-state index in [-0.39, 0.29) is 5.84 Å². The lowest BCUT2D eigenvalue weighted by Gasteiger charge is -2.20. The van der Waals surface area contributed by atoms with E-state index in [2.05, 4.69) is 17.0 Å². The van der Waals surface area contributed by atoms with Crippen molar-refractivity contribution in [3.63, 3.8) is 0 Å². The summed E-state index contributed by atoms with van der Waals surface area (Å²) in [5, 5.41) is 11.6. The fraction of sp³-hybridized carbons (Fsp3) is 0.500. The van der Waals surface area contributed by atoms with Crippen molar-refractivity contribution < 1.29 is 5.21 Å². The first-order valence-electron chi connectivity index (χ1n) is 6.52. The van der Waals surface area contributed by atoms with Crippen molar-refractivity contribution in [3.8, 4) is 0 Å². The third-order valence-electron chi connectivity index (χ3n) is 3.42. The van der Waals surface area contributed by atoms with Crippen molar-refractivity contribution in [1.82, 2.24) is 4.90 Å². The number of nitrogens with two attached hydrogens (primary N) is 1. The molecule has 1 aliphatic carbocycles. The van der Waals surface area contributed by atoms with Crippen molar-refractivity contribution in [2.75, 3.05) is 13.1 Å². The van der Waals surface area contributed by atoms with Gasteiger partial charge in [0.1, 0.15) is 0 Å². The van der Waals surface area contributed by atoms with E-state index in [9.17, 15) is 0 Å². The highest BCUT2D eigenvalue weighted by molar-refractivity contribution is 5.96. The van der Waals surface area contributed by atoms with Crippen LogP contribution in [-0.2, 0) is 6.54 Å². The van der Waals surface area contributed by atoms with E-state index >= 15 is 0 Å². The highest BCUT2D eigenvalue weighted by atomic mass is 16.4. The van der Waals surface area contributed by atoms with Gasteiger partial charge in [0.25, 0.3) is 0 Å². The van der Waals surface area contributed by atoms with Gasteiger partial charge in [0.2, 0.25) is 0 Å². The molecule has 2 rings (SSSR count). The standard InChI is InChI=1S/C14H21N3O/c1-2-17(9-11-3-4-11)10-12-5-7-13(8-6-12)14(15)16-18/h5-8,11,18H,2-4,9-10H2,1H3,(H2,15,16). The van der Waals surface area contributed by atoms with Gasteiger partial charge in [-0.15, -0.1) is 0 Å². The van der Waals surface area contributed by atoms with Crippen LogP contribution in [0.5, 0.6) is 0 Å². The smallest absolute Gasteiger partial charge is 0.170 e. The Morgan fingerprint density at radius 1 is 1.39 bits per heavy atom. The van der Waals surface area contributed by atoms with Gasteiger partial charge >= 0.3 is 0 Å². The second kappa shape index (κ2) is 5.87. The molecule has 1 fully saturated rings. The van der Waals surface area contributed by atoms with Crippen LogP contribution in [0.25, 0.3) is 0 Å². The number of hydrogen-bond donors (Lipinski definition) is 2. The summed E-state index contributed by atoms with van der Waals surface area (Å²) >= 11 is 0. The number of oxime groups is 1. The van der Waals surface area contributed by atoms with E-state index in [1.165, 1.54) is 24.9 Å². The summed E-state index contributed by atoms with van der Waals surface area (Å²) in [6.07, 6.45) is 2.78.